The summed E-state index contributed by atoms with van der Waals surface area (Å²) in [4.78, 5) is 39.2. The van der Waals surface area contributed by atoms with Crippen molar-refractivity contribution in [3.63, 3.8) is 0 Å². The smallest absolute Gasteiger partial charge is 0.193 e. The average Bonchev–Trinajstić information content (AvgIpc) is 2.97. The first-order valence-corrected chi connectivity index (χ1v) is 9.14. The van der Waals surface area contributed by atoms with Gasteiger partial charge in [-0.1, -0.05) is 11.6 Å². The lowest BCUT2D eigenvalue weighted by Crippen LogP contribution is -2.62. The minimum Gasteiger partial charge on any atom is -0.390 e. The molecular formula is C21H24O5. The van der Waals surface area contributed by atoms with Gasteiger partial charge in [-0.15, -0.1) is 0 Å². The third-order valence-corrected chi connectivity index (χ3v) is 6.87. The van der Waals surface area contributed by atoms with Crippen LogP contribution in [0.25, 0.3) is 0 Å². The number of ether oxygens (including phenoxy) is 1. The van der Waals surface area contributed by atoms with Crippen LogP contribution in [-0.4, -0.2) is 39.8 Å². The number of aliphatic hydroxyl groups is 1. The molecule has 0 amide bonds. The molecule has 138 valence electrons. The maximum Gasteiger partial charge on any atom is 0.193 e. The second kappa shape index (κ2) is 5.11. The minimum atomic E-state index is -1.58. The van der Waals surface area contributed by atoms with E-state index in [-0.39, 0.29) is 34.8 Å². The van der Waals surface area contributed by atoms with E-state index in [0.29, 0.717) is 12.8 Å². The van der Waals surface area contributed by atoms with Gasteiger partial charge in [0.25, 0.3) is 0 Å². The van der Waals surface area contributed by atoms with E-state index in [9.17, 15) is 19.5 Å². The molecule has 4 aliphatic rings. The molecule has 6 atom stereocenters. The number of carbonyl (C=O) groups excluding carboxylic acids is 3. The van der Waals surface area contributed by atoms with Crippen LogP contribution in [0.5, 0.6) is 0 Å². The van der Waals surface area contributed by atoms with Crippen LogP contribution in [0.3, 0.4) is 0 Å². The SMILES string of the molecule is CC(C)=C[C@H]1OC23C(=O)C=CC(=O)C2=C[C@@H]2C(CC[C@]2(C)O)C3(C)C1=O. The van der Waals surface area contributed by atoms with Crippen LogP contribution in [-0.2, 0) is 19.1 Å². The van der Waals surface area contributed by atoms with E-state index in [0.717, 1.165) is 5.57 Å². The topological polar surface area (TPSA) is 80.7 Å². The van der Waals surface area contributed by atoms with Crippen molar-refractivity contribution in [2.45, 2.75) is 57.8 Å². The standard InChI is InChI=1S/C21H24O5/c1-11(2)9-16-18(24)20(4)12-7-8-19(3,25)13(12)10-14-15(22)5-6-17(23)21(14,20)26-16/h5-6,9-10,12-13,16,25H,7-8H2,1-4H3/t12?,13-,16-,19+,20?,21?/m1/s1. The second-order valence-electron chi connectivity index (χ2n) is 8.70. The van der Waals surface area contributed by atoms with Gasteiger partial charge in [0.05, 0.1) is 11.0 Å². The Morgan fingerprint density at radius 3 is 2.58 bits per heavy atom. The summed E-state index contributed by atoms with van der Waals surface area (Å²) in [5.74, 6) is -1.44. The van der Waals surface area contributed by atoms with Gasteiger partial charge < -0.3 is 9.84 Å². The van der Waals surface area contributed by atoms with Crippen LogP contribution < -0.4 is 0 Å². The van der Waals surface area contributed by atoms with E-state index in [1.165, 1.54) is 12.2 Å². The van der Waals surface area contributed by atoms with Gasteiger partial charge in [0.2, 0.25) is 0 Å². The Labute approximate surface area is 152 Å². The Bertz CT molecular complexity index is 825. The predicted molar refractivity (Wildman–Crippen MR) is 94.2 cm³/mol. The molecule has 1 saturated carbocycles. The fourth-order valence-corrected chi connectivity index (χ4v) is 5.56. The quantitative estimate of drug-likeness (QED) is 0.728. The summed E-state index contributed by atoms with van der Waals surface area (Å²) in [5.41, 5.74) is -2.63. The molecule has 3 unspecified atom stereocenters. The number of Topliss-reactive ketones (excluding diaryl/α,β-unsaturated/α-hetero) is 1. The number of ketones is 3. The minimum absolute atomic E-state index is 0.173. The van der Waals surface area contributed by atoms with Crippen molar-refractivity contribution in [2.75, 3.05) is 0 Å². The van der Waals surface area contributed by atoms with Crippen molar-refractivity contribution in [1.82, 2.24) is 0 Å². The molecule has 1 aliphatic heterocycles. The summed E-state index contributed by atoms with van der Waals surface area (Å²) >= 11 is 0. The highest BCUT2D eigenvalue weighted by molar-refractivity contribution is 6.23. The molecule has 5 nitrogen and oxygen atoms in total. The van der Waals surface area contributed by atoms with E-state index in [1.54, 1.807) is 26.0 Å². The molecule has 3 aliphatic carbocycles. The monoisotopic (exact) mass is 356 g/mol. The summed E-state index contributed by atoms with van der Waals surface area (Å²) in [7, 11) is 0. The molecule has 1 spiro atoms. The lowest BCUT2D eigenvalue weighted by atomic mass is 9.51. The lowest BCUT2D eigenvalue weighted by molar-refractivity contribution is -0.153. The van der Waals surface area contributed by atoms with E-state index in [1.807, 2.05) is 13.8 Å². The third-order valence-electron chi connectivity index (χ3n) is 6.87. The lowest BCUT2D eigenvalue weighted by Gasteiger charge is -2.50. The third kappa shape index (κ3) is 1.85. The second-order valence-corrected chi connectivity index (χ2v) is 8.70. The summed E-state index contributed by atoms with van der Waals surface area (Å²) in [5, 5.41) is 10.8. The Morgan fingerprint density at radius 2 is 1.92 bits per heavy atom. The number of hydrogen-bond donors (Lipinski definition) is 1. The van der Waals surface area contributed by atoms with Crippen LogP contribution in [0, 0.1) is 17.3 Å². The molecule has 2 fully saturated rings. The number of carbonyl (C=O) groups is 3. The molecule has 0 aromatic carbocycles. The highest BCUT2D eigenvalue weighted by Crippen LogP contribution is 2.64. The van der Waals surface area contributed by atoms with E-state index in [4.69, 9.17) is 4.74 Å². The summed E-state index contributed by atoms with van der Waals surface area (Å²) in [6.45, 7) is 7.23. The molecule has 0 bridgehead atoms. The first-order chi connectivity index (χ1) is 12.1. The zero-order valence-electron chi connectivity index (χ0n) is 15.5. The van der Waals surface area contributed by atoms with Crippen LogP contribution in [0.1, 0.15) is 40.5 Å². The number of hydrogen-bond acceptors (Lipinski definition) is 5. The van der Waals surface area contributed by atoms with Crippen LogP contribution in [0.4, 0.5) is 0 Å². The van der Waals surface area contributed by atoms with Crippen molar-refractivity contribution in [1.29, 1.82) is 0 Å². The van der Waals surface area contributed by atoms with Crippen LogP contribution in [0.2, 0.25) is 0 Å². The van der Waals surface area contributed by atoms with Crippen molar-refractivity contribution in [3.05, 3.63) is 35.5 Å². The van der Waals surface area contributed by atoms with E-state index >= 15 is 0 Å². The summed E-state index contributed by atoms with van der Waals surface area (Å²) in [6, 6.07) is 0. The molecule has 0 aromatic heterocycles. The van der Waals surface area contributed by atoms with Gasteiger partial charge in [-0.3, -0.25) is 14.4 Å². The molecule has 0 radical (unpaired) electrons. The molecule has 1 heterocycles. The van der Waals surface area contributed by atoms with Gasteiger partial charge in [0.1, 0.15) is 6.10 Å². The highest BCUT2D eigenvalue weighted by atomic mass is 16.5. The van der Waals surface area contributed by atoms with Gasteiger partial charge in [-0.2, -0.15) is 0 Å². The zero-order valence-corrected chi connectivity index (χ0v) is 15.5. The van der Waals surface area contributed by atoms with Crippen LogP contribution >= 0.6 is 0 Å². The van der Waals surface area contributed by atoms with Crippen molar-refractivity contribution in [2.24, 2.45) is 17.3 Å². The molecule has 1 saturated heterocycles. The first kappa shape index (κ1) is 17.6. The summed E-state index contributed by atoms with van der Waals surface area (Å²) in [6.07, 6.45) is 6.18. The molecule has 26 heavy (non-hydrogen) atoms. The van der Waals surface area contributed by atoms with Crippen molar-refractivity contribution in [3.8, 4) is 0 Å². The highest BCUT2D eigenvalue weighted by Gasteiger charge is 2.75. The molecule has 0 aromatic rings. The molecule has 1 N–H and O–H groups in total. The summed E-state index contributed by atoms with van der Waals surface area (Å²) < 4.78 is 6.14. The Kier molecular flexibility index (Phi) is 3.45. The van der Waals surface area contributed by atoms with E-state index < -0.39 is 22.7 Å². The average molecular weight is 356 g/mol. The van der Waals surface area contributed by atoms with Crippen molar-refractivity contribution < 1.29 is 24.2 Å². The van der Waals surface area contributed by atoms with E-state index in [2.05, 4.69) is 0 Å². The first-order valence-electron chi connectivity index (χ1n) is 9.14. The molecular weight excluding hydrogens is 332 g/mol. The van der Waals surface area contributed by atoms with Gasteiger partial charge in [-0.05, 0) is 64.7 Å². The molecule has 4 rings (SSSR count). The van der Waals surface area contributed by atoms with Crippen molar-refractivity contribution >= 4 is 17.3 Å². The fraction of sp³-hybridized carbons (Fsp3) is 0.571. The Balaban J connectivity index is 2.01. The largest absolute Gasteiger partial charge is 0.390 e. The maximum atomic E-state index is 13.5. The van der Waals surface area contributed by atoms with Gasteiger partial charge in [-0.25, -0.2) is 0 Å². The van der Waals surface area contributed by atoms with Gasteiger partial charge >= 0.3 is 0 Å². The number of allylic oxidation sites excluding steroid dienone is 2. The fourth-order valence-electron chi connectivity index (χ4n) is 5.56. The Morgan fingerprint density at radius 1 is 1.23 bits per heavy atom. The number of rotatable bonds is 1. The molecule has 5 heteroatoms. The van der Waals surface area contributed by atoms with Gasteiger partial charge in [0, 0.05) is 11.5 Å². The van der Waals surface area contributed by atoms with Gasteiger partial charge in [0.15, 0.2) is 23.0 Å². The maximum absolute atomic E-state index is 13.5. The zero-order chi connectivity index (χ0) is 19.1. The predicted octanol–water partition coefficient (Wildman–Crippen LogP) is 2.09. The normalized spacial score (nSPS) is 46.6. The van der Waals surface area contributed by atoms with Crippen LogP contribution in [0.15, 0.2) is 35.5 Å². The Hall–Kier alpha value is -1.85. The number of fused-ring (bicyclic) bond motifs is 2.